The average molecular weight is 926 g/mol. The van der Waals surface area contributed by atoms with Gasteiger partial charge in [-0.2, -0.15) is 0 Å². The normalized spacial score (nSPS) is 34.9. The summed E-state index contributed by atoms with van der Waals surface area (Å²) in [6.07, 6.45) is 0. The molecule has 0 aromatic carbocycles. The van der Waals surface area contributed by atoms with Crippen molar-refractivity contribution in [3.05, 3.63) is 0 Å². The summed E-state index contributed by atoms with van der Waals surface area (Å²) in [6.45, 7) is 85.6. The third-order valence-electron chi connectivity index (χ3n) is 20.6. The number of rotatable bonds is 12. The predicted molar refractivity (Wildman–Crippen MR) is 303 cm³/mol. The van der Waals surface area contributed by atoms with Crippen molar-refractivity contribution >= 4 is 0 Å². The zero-order chi connectivity index (χ0) is 52.9. The molecule has 396 valence electrons. The van der Waals surface area contributed by atoms with Crippen LogP contribution in [0.1, 0.15) is 249 Å². The second-order valence-electron chi connectivity index (χ2n) is 32.2. The van der Waals surface area contributed by atoms with Crippen LogP contribution in [0.2, 0.25) is 0 Å². The smallest absolute Gasteiger partial charge is 0.0287 e. The van der Waals surface area contributed by atoms with E-state index in [1.54, 1.807) is 0 Å². The number of hydrogen-bond donors (Lipinski definition) is 0. The molecule has 0 heteroatoms. The fourth-order valence-electron chi connectivity index (χ4n) is 19.6. The molecule has 0 bridgehead atoms. The molecule has 0 nitrogen and oxygen atoms in total. The molecule has 0 amide bonds. The fraction of sp³-hybridized carbons (Fsp3) is 1.00. The predicted octanol–water partition coefficient (Wildman–Crippen LogP) is 21.4. The van der Waals surface area contributed by atoms with Crippen molar-refractivity contribution in [2.75, 3.05) is 0 Å². The van der Waals surface area contributed by atoms with Gasteiger partial charge in [0, 0.05) is 0 Å². The summed E-state index contributed by atoms with van der Waals surface area (Å²) in [5, 5.41) is 0. The molecule has 0 saturated heterocycles. The third kappa shape index (κ3) is 14.6. The van der Waals surface area contributed by atoms with E-state index in [0.29, 0.717) is 32.5 Å². The molecule has 0 heterocycles. The minimum Gasteiger partial charge on any atom is -0.0625 e. The van der Waals surface area contributed by atoms with Gasteiger partial charge in [-0.1, -0.05) is 249 Å². The lowest BCUT2D eigenvalue weighted by atomic mass is 10.0. The Bertz CT molecular complexity index is 1040. The molecule has 0 aromatic heterocycles. The largest absolute Gasteiger partial charge is 0.0625 e. The molecule has 66 heavy (non-hydrogen) atoms. The van der Waals surface area contributed by atoms with Crippen LogP contribution < -0.4 is 0 Å². The Morgan fingerprint density at radius 1 is 0.136 bits per heavy atom. The van der Waals surface area contributed by atoms with Gasteiger partial charge in [-0.3, -0.25) is 0 Å². The van der Waals surface area contributed by atoms with Gasteiger partial charge >= 0.3 is 0 Å². The molecule has 12 atom stereocenters. The topological polar surface area (TPSA) is 0 Å². The van der Waals surface area contributed by atoms with Crippen LogP contribution >= 0.6 is 0 Å². The Balaban J connectivity index is 0.000000396. The van der Waals surface area contributed by atoms with Gasteiger partial charge in [0.05, 0.1) is 0 Å². The second kappa shape index (κ2) is 22.8. The average Bonchev–Trinajstić information content (AvgIpc) is 3.94. The molecule has 6 aliphatic rings. The summed E-state index contributed by atoms with van der Waals surface area (Å²) in [4.78, 5) is 0. The van der Waals surface area contributed by atoms with Crippen LogP contribution in [0.15, 0.2) is 0 Å². The maximum atomic E-state index is 2.42. The molecule has 6 saturated carbocycles. The second-order valence-corrected chi connectivity index (χ2v) is 32.2. The van der Waals surface area contributed by atoms with E-state index in [9.17, 15) is 0 Å². The van der Waals surface area contributed by atoms with Crippen LogP contribution in [-0.2, 0) is 0 Å². The van der Waals surface area contributed by atoms with E-state index in [1.807, 2.05) is 0 Å². The zero-order valence-corrected chi connectivity index (χ0v) is 52.9. The standard InChI is InChI=1S/6C11H22/c6*1-7(2)9-10(8(3)4)11(9,5)6/h6*7-10H,1-6H3/t2*9-,10?;2*9-,10+;9-,10-;/m10..1./s1. The lowest BCUT2D eigenvalue weighted by Crippen LogP contribution is -1.97. The highest BCUT2D eigenvalue weighted by Gasteiger charge is 2.63. The molecule has 4 unspecified atom stereocenters. The summed E-state index contributed by atoms with van der Waals surface area (Å²) >= 11 is 0. The third-order valence-corrected chi connectivity index (χ3v) is 20.6. The molecule has 0 aliphatic heterocycles. The van der Waals surface area contributed by atoms with E-state index >= 15 is 0 Å². The van der Waals surface area contributed by atoms with Gasteiger partial charge in [0.15, 0.2) is 0 Å². The molecule has 0 radical (unpaired) electrons. The molecule has 0 spiro atoms. The lowest BCUT2D eigenvalue weighted by molar-refractivity contribution is 0.448. The Hall–Kier alpha value is 0. The van der Waals surface area contributed by atoms with Gasteiger partial charge in [-0.05, 0) is 175 Å². The Kier molecular flexibility index (Phi) is 22.1. The summed E-state index contributed by atoms with van der Waals surface area (Å²) < 4.78 is 0. The first-order valence-corrected chi connectivity index (χ1v) is 29.3. The molecular weight excluding hydrogens is 793 g/mol. The summed E-state index contributed by atoms with van der Waals surface area (Å²) in [7, 11) is 0. The van der Waals surface area contributed by atoms with Crippen molar-refractivity contribution < 1.29 is 0 Å². The minimum absolute atomic E-state index is 0.627. The van der Waals surface area contributed by atoms with Gasteiger partial charge in [-0.25, -0.2) is 0 Å². The van der Waals surface area contributed by atoms with Gasteiger partial charge in [0.2, 0.25) is 0 Å². The monoisotopic (exact) mass is 925 g/mol. The SMILES string of the molecule is CC(C)C1C(C(C)C)C1(C)C.CC(C)C1[C@@H](C(C)C)C1(C)C.CC(C)C1[C@H](C(C)C)C1(C)C.CC(C)[C@@H]1[C@@H](C(C)C)C1(C)C.CC(C)[C@@H]1[C@H](C(C)C)C1(C)C.CC(C)[C@@H]1[C@H](C(C)C)C1(C)C. The highest BCUT2D eigenvalue weighted by molar-refractivity contribution is 5.10. The van der Waals surface area contributed by atoms with E-state index in [4.69, 9.17) is 0 Å². The molecule has 0 aromatic rings. The Labute approximate surface area is 421 Å². The molecule has 6 aliphatic carbocycles. The van der Waals surface area contributed by atoms with Crippen LogP contribution in [-0.4, -0.2) is 0 Å². The summed E-state index contributed by atoms with van der Waals surface area (Å²) in [6, 6.07) is 0. The highest BCUT2D eigenvalue weighted by Crippen LogP contribution is 2.68. The van der Waals surface area contributed by atoms with Crippen LogP contribution in [0, 0.1) is 175 Å². The Morgan fingerprint density at radius 3 is 0.197 bits per heavy atom. The molecule has 6 fully saturated rings. The van der Waals surface area contributed by atoms with E-state index in [0.717, 1.165) is 142 Å². The van der Waals surface area contributed by atoms with Crippen molar-refractivity contribution in [2.45, 2.75) is 249 Å². The van der Waals surface area contributed by atoms with Crippen LogP contribution in [0.3, 0.4) is 0 Å². The van der Waals surface area contributed by atoms with Crippen molar-refractivity contribution in [3.8, 4) is 0 Å². The Morgan fingerprint density at radius 2 is 0.182 bits per heavy atom. The van der Waals surface area contributed by atoms with Crippen molar-refractivity contribution in [3.63, 3.8) is 0 Å². The minimum atomic E-state index is 0.627. The molecule has 0 N–H and O–H groups in total. The van der Waals surface area contributed by atoms with Crippen LogP contribution in [0.4, 0.5) is 0 Å². The first-order valence-electron chi connectivity index (χ1n) is 29.3. The summed E-state index contributed by atoms with van der Waals surface area (Å²) in [5.41, 5.74) is 3.76. The first kappa shape index (κ1) is 64.0. The maximum absolute atomic E-state index is 2.42. The quantitative estimate of drug-likeness (QED) is 0.183. The van der Waals surface area contributed by atoms with E-state index in [1.165, 1.54) is 0 Å². The van der Waals surface area contributed by atoms with Crippen molar-refractivity contribution in [1.29, 1.82) is 0 Å². The highest BCUT2D eigenvalue weighted by atomic mass is 14.7. The summed E-state index contributed by atoms with van der Waals surface area (Å²) in [5.74, 6) is 22.2. The van der Waals surface area contributed by atoms with Gasteiger partial charge in [0.25, 0.3) is 0 Å². The van der Waals surface area contributed by atoms with Crippen LogP contribution in [0.25, 0.3) is 0 Å². The number of hydrogen-bond acceptors (Lipinski definition) is 0. The zero-order valence-electron chi connectivity index (χ0n) is 52.9. The van der Waals surface area contributed by atoms with E-state index in [2.05, 4.69) is 249 Å². The van der Waals surface area contributed by atoms with E-state index < -0.39 is 0 Å². The van der Waals surface area contributed by atoms with Crippen molar-refractivity contribution in [1.82, 2.24) is 0 Å². The van der Waals surface area contributed by atoms with Crippen LogP contribution in [0.5, 0.6) is 0 Å². The maximum Gasteiger partial charge on any atom is -0.0287 e. The van der Waals surface area contributed by atoms with Crippen molar-refractivity contribution in [2.24, 2.45) is 175 Å². The van der Waals surface area contributed by atoms with E-state index in [-0.39, 0.29) is 0 Å². The molecular formula is C66H132. The molecule has 6 rings (SSSR count). The van der Waals surface area contributed by atoms with Gasteiger partial charge < -0.3 is 0 Å². The first-order chi connectivity index (χ1) is 29.3. The fourth-order valence-corrected chi connectivity index (χ4v) is 19.6. The van der Waals surface area contributed by atoms with Gasteiger partial charge in [0.1, 0.15) is 0 Å². The van der Waals surface area contributed by atoms with Gasteiger partial charge in [-0.15, -0.1) is 0 Å². The lowest BCUT2D eigenvalue weighted by Gasteiger charge is -2.04.